The topological polar surface area (TPSA) is 64.4 Å². The van der Waals surface area contributed by atoms with E-state index in [9.17, 15) is 4.79 Å². The largest absolute Gasteiger partial charge is 0.491 e. The molecule has 3 N–H and O–H groups in total. The van der Waals surface area contributed by atoms with E-state index in [1.165, 1.54) is 32.1 Å². The van der Waals surface area contributed by atoms with Crippen molar-refractivity contribution in [3.05, 3.63) is 29.8 Å². The van der Waals surface area contributed by atoms with Gasteiger partial charge < -0.3 is 15.8 Å². The summed E-state index contributed by atoms with van der Waals surface area (Å²) >= 11 is 0. The van der Waals surface area contributed by atoms with Crippen LogP contribution in [0.3, 0.4) is 0 Å². The maximum atomic E-state index is 12.0. The molecule has 0 aromatic heterocycles. The number of benzene rings is 1. The molecule has 24 heavy (non-hydrogen) atoms. The molecule has 0 fully saturated rings. The molecule has 136 valence electrons. The smallest absolute Gasteiger partial charge is 0.237 e. The van der Waals surface area contributed by atoms with Crippen LogP contribution in [0.2, 0.25) is 0 Å². The lowest BCUT2D eigenvalue weighted by Gasteiger charge is -2.13. The SMILES string of the molecule is CCCCCCCCNC(=O)C(N)Cc1ccc(OC(C)C)cc1. The Hall–Kier alpha value is -1.55. The summed E-state index contributed by atoms with van der Waals surface area (Å²) in [7, 11) is 0. The van der Waals surface area contributed by atoms with Crippen molar-refractivity contribution in [1.82, 2.24) is 5.32 Å². The Morgan fingerprint density at radius 1 is 1.08 bits per heavy atom. The molecule has 4 nitrogen and oxygen atoms in total. The van der Waals surface area contributed by atoms with Crippen LogP contribution in [0, 0.1) is 0 Å². The number of ether oxygens (including phenoxy) is 1. The molecular weight excluding hydrogens is 300 g/mol. The second-order valence-corrected chi connectivity index (χ2v) is 6.68. The van der Waals surface area contributed by atoms with E-state index in [4.69, 9.17) is 10.5 Å². The fourth-order valence-electron chi connectivity index (χ4n) is 2.57. The lowest BCUT2D eigenvalue weighted by molar-refractivity contribution is -0.122. The van der Waals surface area contributed by atoms with Gasteiger partial charge in [0.25, 0.3) is 0 Å². The van der Waals surface area contributed by atoms with Gasteiger partial charge in [-0.2, -0.15) is 0 Å². The molecule has 1 unspecified atom stereocenters. The average molecular weight is 335 g/mol. The summed E-state index contributed by atoms with van der Waals surface area (Å²) in [6.45, 7) is 6.93. The summed E-state index contributed by atoms with van der Waals surface area (Å²) in [5.41, 5.74) is 7.05. The molecule has 1 aromatic rings. The zero-order valence-electron chi connectivity index (χ0n) is 15.5. The van der Waals surface area contributed by atoms with E-state index in [1.54, 1.807) is 0 Å². The number of unbranched alkanes of at least 4 members (excludes halogenated alkanes) is 5. The van der Waals surface area contributed by atoms with E-state index < -0.39 is 6.04 Å². The fraction of sp³-hybridized carbons (Fsp3) is 0.650. The Morgan fingerprint density at radius 3 is 2.33 bits per heavy atom. The van der Waals surface area contributed by atoms with Gasteiger partial charge in [0, 0.05) is 6.54 Å². The van der Waals surface area contributed by atoms with Crippen LogP contribution in [0.15, 0.2) is 24.3 Å². The fourth-order valence-corrected chi connectivity index (χ4v) is 2.57. The van der Waals surface area contributed by atoms with Crippen molar-refractivity contribution >= 4 is 5.91 Å². The van der Waals surface area contributed by atoms with Gasteiger partial charge in [-0.05, 0) is 44.4 Å². The second-order valence-electron chi connectivity index (χ2n) is 6.68. The van der Waals surface area contributed by atoms with Crippen molar-refractivity contribution in [2.24, 2.45) is 5.73 Å². The van der Waals surface area contributed by atoms with Crippen LogP contribution < -0.4 is 15.8 Å². The van der Waals surface area contributed by atoms with E-state index >= 15 is 0 Å². The van der Waals surface area contributed by atoms with E-state index in [1.807, 2.05) is 38.1 Å². The Kier molecular flexibility index (Phi) is 10.2. The Bertz CT molecular complexity index is 457. The first kappa shape index (κ1) is 20.5. The minimum atomic E-state index is -0.498. The molecule has 1 rings (SSSR count). The predicted molar refractivity (Wildman–Crippen MR) is 100 cm³/mol. The van der Waals surface area contributed by atoms with Crippen molar-refractivity contribution < 1.29 is 9.53 Å². The summed E-state index contributed by atoms with van der Waals surface area (Å²) in [6, 6.07) is 7.30. The predicted octanol–water partition coefficient (Wildman–Crippen LogP) is 3.82. The maximum absolute atomic E-state index is 12.0. The second kappa shape index (κ2) is 11.9. The standard InChI is InChI=1S/C20H34N2O2/c1-4-5-6-7-8-9-14-22-20(23)19(21)15-17-10-12-18(13-11-17)24-16(2)3/h10-13,16,19H,4-9,14-15,21H2,1-3H3,(H,22,23). The van der Waals surface area contributed by atoms with Crippen molar-refractivity contribution in [1.29, 1.82) is 0 Å². The van der Waals surface area contributed by atoms with Gasteiger partial charge >= 0.3 is 0 Å². The van der Waals surface area contributed by atoms with Crippen LogP contribution in [0.5, 0.6) is 5.75 Å². The van der Waals surface area contributed by atoms with E-state index in [0.29, 0.717) is 6.42 Å². The lowest BCUT2D eigenvalue weighted by atomic mass is 10.1. The zero-order chi connectivity index (χ0) is 17.8. The van der Waals surface area contributed by atoms with Crippen molar-refractivity contribution in [3.8, 4) is 5.75 Å². The Morgan fingerprint density at radius 2 is 1.71 bits per heavy atom. The number of hydrogen-bond acceptors (Lipinski definition) is 3. The van der Waals surface area contributed by atoms with Crippen LogP contribution in [0.4, 0.5) is 0 Å². The van der Waals surface area contributed by atoms with Crippen LogP contribution in [-0.4, -0.2) is 24.6 Å². The molecule has 0 saturated carbocycles. The molecule has 1 atom stereocenters. The zero-order valence-corrected chi connectivity index (χ0v) is 15.5. The number of carbonyl (C=O) groups is 1. The third-order valence-electron chi connectivity index (χ3n) is 3.92. The minimum absolute atomic E-state index is 0.0638. The highest BCUT2D eigenvalue weighted by atomic mass is 16.5. The third-order valence-corrected chi connectivity index (χ3v) is 3.92. The molecule has 1 aromatic carbocycles. The van der Waals surface area contributed by atoms with Gasteiger partial charge in [0.1, 0.15) is 5.75 Å². The van der Waals surface area contributed by atoms with Gasteiger partial charge in [-0.15, -0.1) is 0 Å². The quantitative estimate of drug-likeness (QED) is 0.571. The third kappa shape index (κ3) is 8.92. The van der Waals surface area contributed by atoms with Crippen LogP contribution in [0.25, 0.3) is 0 Å². The number of carbonyl (C=O) groups excluding carboxylic acids is 1. The summed E-state index contributed by atoms with van der Waals surface area (Å²) in [4.78, 5) is 12.0. The highest BCUT2D eigenvalue weighted by Gasteiger charge is 2.13. The molecule has 0 spiro atoms. The van der Waals surface area contributed by atoms with Gasteiger partial charge in [-0.3, -0.25) is 4.79 Å². The van der Waals surface area contributed by atoms with Gasteiger partial charge in [-0.1, -0.05) is 51.2 Å². The molecule has 0 aliphatic carbocycles. The molecule has 1 amide bonds. The molecule has 0 heterocycles. The summed E-state index contributed by atoms with van der Waals surface area (Å²) in [5, 5.41) is 2.94. The molecule has 0 aliphatic heterocycles. The summed E-state index contributed by atoms with van der Waals surface area (Å²) in [5.74, 6) is 0.779. The molecule has 0 saturated heterocycles. The Labute approximate surface area is 147 Å². The molecule has 0 bridgehead atoms. The Balaban J connectivity index is 2.23. The van der Waals surface area contributed by atoms with Gasteiger partial charge in [0.05, 0.1) is 12.1 Å². The van der Waals surface area contributed by atoms with E-state index in [2.05, 4.69) is 12.2 Å². The lowest BCUT2D eigenvalue weighted by Crippen LogP contribution is -2.42. The first-order chi connectivity index (χ1) is 11.5. The number of nitrogens with two attached hydrogens (primary N) is 1. The number of nitrogens with one attached hydrogen (secondary N) is 1. The first-order valence-corrected chi connectivity index (χ1v) is 9.31. The van der Waals surface area contributed by atoms with Crippen molar-refractivity contribution in [3.63, 3.8) is 0 Å². The van der Waals surface area contributed by atoms with Crippen LogP contribution >= 0.6 is 0 Å². The monoisotopic (exact) mass is 334 g/mol. The van der Waals surface area contributed by atoms with Crippen LogP contribution in [0.1, 0.15) is 64.9 Å². The van der Waals surface area contributed by atoms with E-state index in [-0.39, 0.29) is 12.0 Å². The number of rotatable bonds is 12. The van der Waals surface area contributed by atoms with Crippen molar-refractivity contribution in [2.75, 3.05) is 6.54 Å². The van der Waals surface area contributed by atoms with Gasteiger partial charge in [0.2, 0.25) is 5.91 Å². The number of hydrogen-bond donors (Lipinski definition) is 2. The van der Waals surface area contributed by atoms with Crippen molar-refractivity contribution in [2.45, 2.75) is 77.9 Å². The maximum Gasteiger partial charge on any atom is 0.237 e. The van der Waals surface area contributed by atoms with Gasteiger partial charge in [0.15, 0.2) is 0 Å². The highest BCUT2D eigenvalue weighted by molar-refractivity contribution is 5.81. The summed E-state index contributed by atoms with van der Waals surface area (Å²) < 4.78 is 5.61. The molecule has 4 heteroatoms. The van der Waals surface area contributed by atoms with E-state index in [0.717, 1.165) is 24.3 Å². The molecule has 0 radical (unpaired) electrons. The number of amides is 1. The minimum Gasteiger partial charge on any atom is -0.491 e. The van der Waals surface area contributed by atoms with Crippen LogP contribution in [-0.2, 0) is 11.2 Å². The van der Waals surface area contributed by atoms with Gasteiger partial charge in [-0.25, -0.2) is 0 Å². The molecule has 0 aliphatic rings. The highest BCUT2D eigenvalue weighted by Crippen LogP contribution is 2.14. The first-order valence-electron chi connectivity index (χ1n) is 9.31. The summed E-state index contributed by atoms with van der Waals surface area (Å²) in [6.07, 6.45) is 8.02. The normalized spacial score (nSPS) is 12.2. The average Bonchev–Trinajstić information content (AvgIpc) is 2.55. The molecular formula is C20H34N2O2.